The van der Waals surface area contributed by atoms with Gasteiger partial charge < -0.3 is 14.3 Å². The molecule has 3 nitrogen and oxygen atoms in total. The number of aldehydes is 1. The Bertz CT molecular complexity index is 576. The van der Waals surface area contributed by atoms with Gasteiger partial charge >= 0.3 is 0 Å². The van der Waals surface area contributed by atoms with E-state index in [4.69, 9.17) is 14.3 Å². The van der Waals surface area contributed by atoms with Crippen molar-refractivity contribution in [2.45, 2.75) is 27.4 Å². The minimum Gasteiger partial charge on any atom is -0.496 e. The van der Waals surface area contributed by atoms with Gasteiger partial charge in [-0.25, -0.2) is 0 Å². The first-order chi connectivity index (χ1) is 10.1. The van der Waals surface area contributed by atoms with Crippen LogP contribution in [0.1, 0.15) is 23.6 Å². The van der Waals surface area contributed by atoms with E-state index in [9.17, 15) is 0 Å². The predicted octanol–water partition coefficient (Wildman–Crippen LogP) is 4.10. The molecule has 21 heavy (non-hydrogen) atoms. The number of para-hydroxylation sites is 1. The van der Waals surface area contributed by atoms with E-state index < -0.39 is 0 Å². The van der Waals surface area contributed by atoms with E-state index in [2.05, 4.69) is 32.0 Å². The van der Waals surface area contributed by atoms with Crippen LogP contribution in [0, 0.1) is 13.8 Å². The summed E-state index contributed by atoms with van der Waals surface area (Å²) in [4.78, 5) is 8.81. The van der Waals surface area contributed by atoms with Gasteiger partial charge in [0.05, 0.1) is 7.11 Å². The number of carbonyl (C=O) groups is 1. The fraction of sp³-hybridized carbons (Fsp3) is 0.278. The molecule has 0 aliphatic heterocycles. The summed E-state index contributed by atoms with van der Waals surface area (Å²) in [6.07, 6.45) is 0.750. The number of carbonyl (C=O) groups excluding carboxylic acids is 1. The van der Waals surface area contributed by atoms with Crippen molar-refractivity contribution in [1.82, 2.24) is 0 Å². The molecule has 0 unspecified atom stereocenters. The lowest BCUT2D eigenvalue weighted by molar-refractivity contribution is -0.106. The molecular weight excluding hydrogens is 264 g/mol. The molecule has 0 heterocycles. The third kappa shape index (κ3) is 5.30. The van der Waals surface area contributed by atoms with Crippen molar-refractivity contribution in [3.8, 4) is 11.5 Å². The number of rotatable bonds is 4. The summed E-state index contributed by atoms with van der Waals surface area (Å²) in [6.45, 7) is 6.08. The molecule has 0 saturated heterocycles. The third-order valence-electron chi connectivity index (χ3n) is 2.92. The van der Waals surface area contributed by atoms with E-state index in [1.165, 1.54) is 12.5 Å². The first-order valence-electron chi connectivity index (χ1n) is 6.84. The fourth-order valence-corrected chi connectivity index (χ4v) is 1.84. The van der Waals surface area contributed by atoms with Gasteiger partial charge in [0.15, 0.2) is 0 Å². The minimum atomic E-state index is 0.522. The Hall–Kier alpha value is -2.29. The second-order valence-corrected chi connectivity index (χ2v) is 4.61. The lowest BCUT2D eigenvalue weighted by Gasteiger charge is -2.12. The van der Waals surface area contributed by atoms with Crippen LogP contribution in [0.25, 0.3) is 0 Å². The van der Waals surface area contributed by atoms with Crippen molar-refractivity contribution >= 4 is 6.29 Å². The third-order valence-corrected chi connectivity index (χ3v) is 2.92. The molecule has 0 aliphatic rings. The number of methoxy groups -OCH3 is 1. The lowest BCUT2D eigenvalue weighted by atomic mass is 10.1. The van der Waals surface area contributed by atoms with Crippen LogP contribution in [0.3, 0.4) is 0 Å². The van der Waals surface area contributed by atoms with Crippen molar-refractivity contribution in [2.75, 3.05) is 7.11 Å². The monoisotopic (exact) mass is 286 g/mol. The van der Waals surface area contributed by atoms with Gasteiger partial charge in [0.1, 0.15) is 24.4 Å². The molecule has 0 aliphatic carbocycles. The molecule has 0 atom stereocenters. The highest BCUT2D eigenvalue weighted by molar-refractivity contribution is 5.44. The standard InChI is InChI=1S/C16H18O2.C2H4O/c1-12-8-9-13(2)16(10-12)18-11-14-6-4-5-7-15(14)17-3;1-2-3/h4-10H,11H2,1-3H3;2H,1H3. The quantitative estimate of drug-likeness (QED) is 0.794. The van der Waals surface area contributed by atoms with Gasteiger partial charge in [-0.15, -0.1) is 0 Å². The van der Waals surface area contributed by atoms with Crippen molar-refractivity contribution in [1.29, 1.82) is 0 Å². The van der Waals surface area contributed by atoms with E-state index in [-0.39, 0.29) is 0 Å². The smallest absolute Gasteiger partial charge is 0.125 e. The van der Waals surface area contributed by atoms with Crippen LogP contribution in [-0.4, -0.2) is 13.4 Å². The molecule has 0 radical (unpaired) electrons. The van der Waals surface area contributed by atoms with E-state index in [0.717, 1.165) is 28.9 Å². The number of aryl methyl sites for hydroxylation is 2. The zero-order valence-corrected chi connectivity index (χ0v) is 13.1. The fourth-order valence-electron chi connectivity index (χ4n) is 1.84. The van der Waals surface area contributed by atoms with Gasteiger partial charge in [0.2, 0.25) is 0 Å². The molecule has 0 spiro atoms. The van der Waals surface area contributed by atoms with Crippen molar-refractivity contribution in [3.05, 3.63) is 59.2 Å². The molecule has 3 heteroatoms. The number of hydrogen-bond donors (Lipinski definition) is 0. The van der Waals surface area contributed by atoms with Crippen molar-refractivity contribution in [2.24, 2.45) is 0 Å². The van der Waals surface area contributed by atoms with Crippen LogP contribution in [0.2, 0.25) is 0 Å². The molecule has 0 saturated carbocycles. The highest BCUT2D eigenvalue weighted by Gasteiger charge is 2.04. The predicted molar refractivity (Wildman–Crippen MR) is 85.0 cm³/mol. The maximum absolute atomic E-state index is 8.81. The van der Waals surface area contributed by atoms with Crippen LogP contribution < -0.4 is 9.47 Å². The second kappa shape index (κ2) is 8.80. The lowest BCUT2D eigenvalue weighted by Crippen LogP contribution is -1.99. The highest BCUT2D eigenvalue weighted by Crippen LogP contribution is 2.23. The Kier molecular flexibility index (Phi) is 7.02. The first kappa shape index (κ1) is 16.8. The average Bonchev–Trinajstić information content (AvgIpc) is 2.49. The zero-order valence-electron chi connectivity index (χ0n) is 13.1. The molecule has 0 fully saturated rings. The van der Waals surface area contributed by atoms with Crippen LogP contribution in [0.5, 0.6) is 11.5 Å². The summed E-state index contributed by atoms with van der Waals surface area (Å²) in [5.41, 5.74) is 3.41. The van der Waals surface area contributed by atoms with Gasteiger partial charge in [-0.1, -0.05) is 30.3 Å². The summed E-state index contributed by atoms with van der Waals surface area (Å²) in [5, 5.41) is 0. The summed E-state index contributed by atoms with van der Waals surface area (Å²) >= 11 is 0. The molecule has 0 N–H and O–H groups in total. The Morgan fingerprint density at radius 2 is 1.71 bits per heavy atom. The molecule has 112 valence electrons. The maximum atomic E-state index is 8.81. The number of hydrogen-bond acceptors (Lipinski definition) is 3. The first-order valence-corrected chi connectivity index (χ1v) is 6.84. The molecule has 0 bridgehead atoms. The van der Waals surface area contributed by atoms with Crippen molar-refractivity contribution in [3.63, 3.8) is 0 Å². The Morgan fingerprint density at radius 3 is 2.38 bits per heavy atom. The van der Waals surface area contributed by atoms with E-state index in [1.807, 2.05) is 24.3 Å². The molecule has 0 aromatic heterocycles. The van der Waals surface area contributed by atoms with Gasteiger partial charge in [-0.3, -0.25) is 0 Å². The minimum absolute atomic E-state index is 0.522. The van der Waals surface area contributed by atoms with Gasteiger partial charge in [0.25, 0.3) is 0 Å². The van der Waals surface area contributed by atoms with E-state index in [0.29, 0.717) is 6.61 Å². The zero-order chi connectivity index (χ0) is 15.7. The Balaban J connectivity index is 0.000000677. The topological polar surface area (TPSA) is 35.5 Å². The molecule has 2 rings (SSSR count). The summed E-state index contributed by atoms with van der Waals surface area (Å²) in [5.74, 6) is 1.80. The summed E-state index contributed by atoms with van der Waals surface area (Å²) in [7, 11) is 1.68. The maximum Gasteiger partial charge on any atom is 0.125 e. The Morgan fingerprint density at radius 1 is 1.05 bits per heavy atom. The largest absolute Gasteiger partial charge is 0.496 e. The molecule has 2 aromatic rings. The summed E-state index contributed by atoms with van der Waals surface area (Å²) in [6, 6.07) is 14.1. The normalized spacial score (nSPS) is 9.33. The van der Waals surface area contributed by atoms with Crippen LogP contribution in [0.15, 0.2) is 42.5 Å². The van der Waals surface area contributed by atoms with E-state index >= 15 is 0 Å². The molecule has 0 amide bonds. The van der Waals surface area contributed by atoms with Crippen LogP contribution in [-0.2, 0) is 11.4 Å². The number of benzene rings is 2. The van der Waals surface area contributed by atoms with Gasteiger partial charge in [0, 0.05) is 5.56 Å². The summed E-state index contributed by atoms with van der Waals surface area (Å²) < 4.78 is 11.2. The highest BCUT2D eigenvalue weighted by atomic mass is 16.5. The van der Waals surface area contributed by atoms with Crippen LogP contribution >= 0.6 is 0 Å². The SMILES string of the molecule is CC=O.COc1ccccc1COc1cc(C)ccc1C. The van der Waals surface area contributed by atoms with Crippen molar-refractivity contribution < 1.29 is 14.3 Å². The Labute approximate surface area is 126 Å². The van der Waals surface area contributed by atoms with Crippen LogP contribution in [0.4, 0.5) is 0 Å². The van der Waals surface area contributed by atoms with Gasteiger partial charge in [-0.05, 0) is 44.0 Å². The van der Waals surface area contributed by atoms with E-state index in [1.54, 1.807) is 7.11 Å². The molecular formula is C18H22O3. The number of ether oxygens (including phenoxy) is 2. The van der Waals surface area contributed by atoms with Gasteiger partial charge in [-0.2, -0.15) is 0 Å². The average molecular weight is 286 g/mol. The molecule has 2 aromatic carbocycles. The second-order valence-electron chi connectivity index (χ2n) is 4.61.